The van der Waals surface area contributed by atoms with E-state index in [0.29, 0.717) is 0 Å². The Morgan fingerprint density at radius 1 is 0.500 bits per heavy atom. The lowest BCUT2D eigenvalue weighted by molar-refractivity contribution is 0.403. The van der Waals surface area contributed by atoms with Crippen LogP contribution in [0.3, 0.4) is 0 Å². The molecule has 0 saturated heterocycles. The van der Waals surface area contributed by atoms with Crippen molar-refractivity contribution in [3.05, 3.63) is 53.3 Å². The van der Waals surface area contributed by atoms with E-state index in [9.17, 15) is 19.7 Å². The summed E-state index contributed by atoms with van der Waals surface area (Å²) >= 11 is 0. The molecule has 154 valence electrons. The third-order valence-electron chi connectivity index (χ3n) is 5.23. The summed E-state index contributed by atoms with van der Waals surface area (Å²) < 4.78 is 13.0. The predicted molar refractivity (Wildman–Crippen MR) is 111 cm³/mol. The summed E-state index contributed by atoms with van der Waals surface area (Å²) in [6.07, 6.45) is 14.0. The maximum Gasteiger partial charge on any atom is 0.164 e. The van der Waals surface area contributed by atoms with Crippen LogP contribution in [0.25, 0.3) is 0 Å². The summed E-state index contributed by atoms with van der Waals surface area (Å²) in [5, 5.41) is 28.1. The van der Waals surface area contributed by atoms with Crippen LogP contribution >= 0.6 is 0 Å². The lowest BCUT2D eigenvalue weighted by Gasteiger charge is -2.05. The summed E-state index contributed by atoms with van der Waals surface area (Å²) in [6.45, 7) is 0. The number of halogens is 1. The fraction of sp³-hybridized carbons (Fsp3) is 0.500. The fourth-order valence-electron chi connectivity index (χ4n) is 3.51. The molecule has 0 heterocycles. The van der Waals surface area contributed by atoms with E-state index in [2.05, 4.69) is 0 Å². The Morgan fingerprint density at radius 3 is 1.39 bits per heavy atom. The number of aryl methyl sites for hydroxylation is 2. The van der Waals surface area contributed by atoms with Crippen molar-refractivity contribution in [2.45, 2.75) is 77.0 Å². The maximum atomic E-state index is 13.0. The molecule has 0 bridgehead atoms. The van der Waals surface area contributed by atoms with Gasteiger partial charge in [-0.3, -0.25) is 0 Å². The van der Waals surface area contributed by atoms with Gasteiger partial charge in [0, 0.05) is 0 Å². The van der Waals surface area contributed by atoms with Gasteiger partial charge in [0.05, 0.1) is 0 Å². The predicted octanol–water partition coefficient (Wildman–Crippen LogP) is 6.63. The zero-order valence-corrected chi connectivity index (χ0v) is 16.7. The smallest absolute Gasteiger partial charge is 0.164 e. The topological polar surface area (TPSA) is 60.7 Å². The third-order valence-corrected chi connectivity index (χ3v) is 5.23. The second kappa shape index (κ2) is 12.3. The zero-order valence-electron chi connectivity index (χ0n) is 16.7. The van der Waals surface area contributed by atoms with Crippen LogP contribution in [0.2, 0.25) is 0 Å². The molecular formula is C24H33FO3. The molecule has 3 nitrogen and oxygen atoms in total. The van der Waals surface area contributed by atoms with Gasteiger partial charge in [-0.05, 0) is 61.1 Å². The van der Waals surface area contributed by atoms with Crippen LogP contribution in [0.15, 0.2) is 36.4 Å². The van der Waals surface area contributed by atoms with Crippen LogP contribution in [-0.2, 0) is 12.8 Å². The second-order valence-corrected chi connectivity index (χ2v) is 7.64. The Morgan fingerprint density at radius 2 is 0.929 bits per heavy atom. The minimum absolute atomic E-state index is 0.0340. The van der Waals surface area contributed by atoms with Crippen molar-refractivity contribution in [1.82, 2.24) is 0 Å². The number of rotatable bonds is 13. The van der Waals surface area contributed by atoms with E-state index in [1.807, 2.05) is 6.07 Å². The normalized spacial score (nSPS) is 11.0. The first-order valence-electron chi connectivity index (χ1n) is 10.5. The van der Waals surface area contributed by atoms with Crippen molar-refractivity contribution >= 4 is 0 Å². The molecule has 3 N–H and O–H groups in total. The van der Waals surface area contributed by atoms with Crippen molar-refractivity contribution in [3.63, 3.8) is 0 Å². The van der Waals surface area contributed by atoms with Crippen LogP contribution in [-0.4, -0.2) is 15.3 Å². The van der Waals surface area contributed by atoms with Crippen molar-refractivity contribution in [3.8, 4) is 17.2 Å². The molecule has 0 spiro atoms. The molecule has 0 aliphatic carbocycles. The highest BCUT2D eigenvalue weighted by molar-refractivity contribution is 5.40. The summed E-state index contributed by atoms with van der Waals surface area (Å²) in [5.74, 6) is -0.895. The molecule has 4 heteroatoms. The zero-order chi connectivity index (χ0) is 20.2. The van der Waals surface area contributed by atoms with Gasteiger partial charge in [-0.25, -0.2) is 4.39 Å². The molecule has 0 aliphatic rings. The van der Waals surface area contributed by atoms with Gasteiger partial charge in [0.2, 0.25) is 0 Å². The first kappa shape index (κ1) is 22.1. The Kier molecular flexibility index (Phi) is 9.67. The minimum atomic E-state index is -0.552. The lowest BCUT2D eigenvalue weighted by Crippen LogP contribution is -1.88. The summed E-state index contributed by atoms with van der Waals surface area (Å²) in [4.78, 5) is 0. The monoisotopic (exact) mass is 388 g/mol. The summed E-state index contributed by atoms with van der Waals surface area (Å²) in [6, 6.07) is 9.68. The van der Waals surface area contributed by atoms with Gasteiger partial charge in [0.25, 0.3) is 0 Å². The first-order chi connectivity index (χ1) is 13.6. The van der Waals surface area contributed by atoms with Gasteiger partial charge in [-0.1, -0.05) is 63.5 Å². The number of phenols is 3. The Labute approximate surface area is 167 Å². The Balaban J connectivity index is 1.39. The molecule has 0 atom stereocenters. The molecule has 0 unspecified atom stereocenters. The first-order valence-corrected chi connectivity index (χ1v) is 10.5. The van der Waals surface area contributed by atoms with Crippen molar-refractivity contribution in [1.29, 1.82) is 0 Å². The third kappa shape index (κ3) is 8.20. The van der Waals surface area contributed by atoms with Gasteiger partial charge >= 0.3 is 0 Å². The van der Waals surface area contributed by atoms with E-state index in [-0.39, 0.29) is 17.2 Å². The molecule has 2 rings (SSSR count). The van der Waals surface area contributed by atoms with Gasteiger partial charge in [0.15, 0.2) is 23.1 Å². The number of hydrogen-bond donors (Lipinski definition) is 3. The van der Waals surface area contributed by atoms with Crippen LogP contribution < -0.4 is 0 Å². The molecule has 0 fully saturated rings. The lowest BCUT2D eigenvalue weighted by atomic mass is 10.0. The highest BCUT2D eigenvalue weighted by Crippen LogP contribution is 2.25. The van der Waals surface area contributed by atoms with Crippen LogP contribution in [0.5, 0.6) is 17.2 Å². The van der Waals surface area contributed by atoms with E-state index in [1.165, 1.54) is 63.5 Å². The molecule has 0 aliphatic heterocycles. The number of hydrogen-bond acceptors (Lipinski definition) is 3. The van der Waals surface area contributed by atoms with Crippen molar-refractivity contribution < 1.29 is 19.7 Å². The van der Waals surface area contributed by atoms with E-state index in [0.717, 1.165) is 36.8 Å². The van der Waals surface area contributed by atoms with Gasteiger partial charge in [0.1, 0.15) is 0 Å². The molecule has 28 heavy (non-hydrogen) atoms. The molecule has 0 amide bonds. The largest absolute Gasteiger partial charge is 0.505 e. The summed E-state index contributed by atoms with van der Waals surface area (Å²) in [5.41, 5.74) is 2.08. The average Bonchev–Trinajstić information content (AvgIpc) is 2.68. The molecule has 2 aromatic rings. The molecular weight excluding hydrogens is 355 g/mol. The van der Waals surface area contributed by atoms with Gasteiger partial charge < -0.3 is 15.3 Å². The SMILES string of the molecule is Oc1ccc(CCCCCCCCCCCCc2ccc(F)c(O)c2)cc1O. The molecule has 2 aromatic carbocycles. The van der Waals surface area contributed by atoms with Crippen molar-refractivity contribution in [2.75, 3.05) is 0 Å². The van der Waals surface area contributed by atoms with Crippen LogP contribution in [0, 0.1) is 5.82 Å². The molecule has 0 saturated carbocycles. The number of phenolic OH excluding ortho intramolecular Hbond substituents is 3. The van der Waals surface area contributed by atoms with Crippen LogP contribution in [0.4, 0.5) is 4.39 Å². The van der Waals surface area contributed by atoms with E-state index in [1.54, 1.807) is 18.2 Å². The molecule has 0 radical (unpaired) electrons. The summed E-state index contributed by atoms with van der Waals surface area (Å²) in [7, 11) is 0. The van der Waals surface area contributed by atoms with E-state index >= 15 is 0 Å². The highest BCUT2D eigenvalue weighted by atomic mass is 19.1. The minimum Gasteiger partial charge on any atom is -0.505 e. The molecule has 0 aromatic heterocycles. The quantitative estimate of drug-likeness (QED) is 0.267. The number of benzene rings is 2. The second-order valence-electron chi connectivity index (χ2n) is 7.64. The van der Waals surface area contributed by atoms with E-state index in [4.69, 9.17) is 0 Å². The fourth-order valence-corrected chi connectivity index (χ4v) is 3.51. The average molecular weight is 389 g/mol. The van der Waals surface area contributed by atoms with Crippen molar-refractivity contribution in [2.24, 2.45) is 0 Å². The van der Waals surface area contributed by atoms with Gasteiger partial charge in [-0.2, -0.15) is 0 Å². The number of unbranched alkanes of at least 4 members (excludes halogenated alkanes) is 9. The van der Waals surface area contributed by atoms with E-state index < -0.39 is 5.82 Å². The van der Waals surface area contributed by atoms with Gasteiger partial charge in [-0.15, -0.1) is 0 Å². The number of aromatic hydroxyl groups is 3. The standard InChI is InChI=1S/C24H33FO3/c25-21-15-13-19(17-23(21)27)11-9-7-5-3-1-2-4-6-8-10-12-20-14-16-22(26)24(28)18-20/h13-18,26-28H,1-12H2. The maximum absolute atomic E-state index is 13.0. The highest BCUT2D eigenvalue weighted by Gasteiger charge is 2.02. The Bertz CT molecular complexity index is 653. The van der Waals surface area contributed by atoms with Crippen LogP contribution in [0.1, 0.15) is 75.3 Å². The Hall–Kier alpha value is -2.23.